The van der Waals surface area contributed by atoms with Crippen molar-refractivity contribution >= 4 is 51.6 Å². The first-order valence-corrected chi connectivity index (χ1v) is 19.1. The Bertz CT molecular complexity index is 2640. The van der Waals surface area contributed by atoms with E-state index in [1.807, 2.05) is 61.9 Å². The van der Waals surface area contributed by atoms with Gasteiger partial charge in [-0.1, -0.05) is 93.4 Å². The van der Waals surface area contributed by atoms with Gasteiger partial charge in [0.05, 0.1) is 11.1 Å². The lowest BCUT2D eigenvalue weighted by atomic mass is 9.72. The van der Waals surface area contributed by atoms with E-state index in [2.05, 4.69) is 34.1 Å². The molecule has 3 aromatic carbocycles. The van der Waals surface area contributed by atoms with E-state index in [1.54, 1.807) is 13.8 Å². The molecule has 0 saturated heterocycles. The van der Waals surface area contributed by atoms with Gasteiger partial charge in [0.25, 0.3) is 5.89 Å². The minimum atomic E-state index is -1.30. The highest BCUT2D eigenvalue weighted by atomic mass is 35.5. The van der Waals surface area contributed by atoms with Crippen molar-refractivity contribution in [3.8, 4) is 39.8 Å². The summed E-state index contributed by atoms with van der Waals surface area (Å²) in [4.78, 5) is 37.3. The molecule has 7 heterocycles. The molecule has 280 valence electrons. The first-order chi connectivity index (χ1) is 26.4. The van der Waals surface area contributed by atoms with Gasteiger partial charge in [0.1, 0.15) is 34.5 Å². The number of hydrogen-bond donors (Lipinski definition) is 4. The van der Waals surface area contributed by atoms with E-state index in [1.165, 1.54) is 0 Å². The molecule has 5 atom stereocenters. The smallest absolute Gasteiger partial charge is 0.250 e. The third-order valence-corrected chi connectivity index (χ3v) is 12.2. The monoisotopic (exact) mass is 778 g/mol. The van der Waals surface area contributed by atoms with E-state index in [-0.39, 0.29) is 46.6 Å². The van der Waals surface area contributed by atoms with Crippen LogP contribution in [0, 0.1) is 11.8 Å². The van der Waals surface area contributed by atoms with Crippen LogP contribution in [0.3, 0.4) is 0 Å². The summed E-state index contributed by atoms with van der Waals surface area (Å²) in [5.41, 5.74) is 5.66. The zero-order valence-electron chi connectivity index (χ0n) is 30.5. The predicted octanol–water partition coefficient (Wildman–Crippen LogP) is 7.13. The third-order valence-electron chi connectivity index (χ3n) is 11.5. The summed E-state index contributed by atoms with van der Waals surface area (Å²) in [6.07, 6.45) is -1.87. The van der Waals surface area contributed by atoms with Crippen LogP contribution < -0.4 is 20.7 Å². The number of anilines is 1. The number of carbonyl (C=O) groups is 2. The van der Waals surface area contributed by atoms with E-state index < -0.39 is 41.6 Å². The molecule has 0 aliphatic carbocycles. The van der Waals surface area contributed by atoms with Gasteiger partial charge >= 0.3 is 0 Å². The maximum absolute atomic E-state index is 14.2. The molecule has 12 nitrogen and oxygen atoms in total. The van der Waals surface area contributed by atoms with E-state index in [9.17, 15) is 14.7 Å². The lowest BCUT2D eigenvalue weighted by Gasteiger charge is -2.29. The molecule has 4 aliphatic rings. The fourth-order valence-corrected chi connectivity index (χ4v) is 9.23. The number of halogens is 2. The number of aliphatic hydroxyl groups excluding tert-OH is 1. The number of hydrogen-bond acceptors (Lipinski definition) is 9. The van der Waals surface area contributed by atoms with Crippen LogP contribution in [-0.4, -0.2) is 49.8 Å². The summed E-state index contributed by atoms with van der Waals surface area (Å²) in [5, 5.41) is 21.7. The Labute approximate surface area is 325 Å². The number of aromatic nitrogens is 3. The summed E-state index contributed by atoms with van der Waals surface area (Å²) in [6, 6.07) is 16.2. The number of para-hydroxylation sites is 1. The number of benzene rings is 3. The summed E-state index contributed by atoms with van der Waals surface area (Å²) >= 11 is 14.1. The molecular formula is C41H36Cl2N6O6. The second kappa shape index (κ2) is 11.8. The number of nitrogens with zero attached hydrogens (tertiary/aromatic N) is 3. The maximum Gasteiger partial charge on any atom is 0.250 e. The first kappa shape index (κ1) is 34.2. The van der Waals surface area contributed by atoms with Crippen molar-refractivity contribution in [1.82, 2.24) is 25.2 Å². The first-order valence-electron chi connectivity index (χ1n) is 18.3. The molecule has 14 heteroatoms. The van der Waals surface area contributed by atoms with Gasteiger partial charge in [-0.05, 0) is 35.1 Å². The van der Waals surface area contributed by atoms with Crippen LogP contribution in [0.15, 0.2) is 63.4 Å². The van der Waals surface area contributed by atoms with Crippen LogP contribution in [0.1, 0.15) is 62.1 Å². The highest BCUT2D eigenvalue weighted by Crippen LogP contribution is 2.62. The molecule has 4 N–H and O–H groups in total. The Morgan fingerprint density at radius 1 is 1.02 bits per heavy atom. The molecule has 10 bridgehead atoms. The zero-order valence-corrected chi connectivity index (χ0v) is 32.0. The number of oxazole rings is 2. The zero-order chi connectivity index (χ0) is 38.2. The predicted molar refractivity (Wildman–Crippen MR) is 206 cm³/mol. The van der Waals surface area contributed by atoms with Gasteiger partial charge in [-0.2, -0.15) is 4.98 Å². The number of carbonyl (C=O) groups excluding carboxylic acids is 2. The van der Waals surface area contributed by atoms with Gasteiger partial charge in [-0.3, -0.25) is 9.59 Å². The van der Waals surface area contributed by atoms with Gasteiger partial charge in [0, 0.05) is 41.2 Å². The minimum Gasteiger partial charge on any atom is -0.469 e. The molecule has 0 saturated carbocycles. The quantitative estimate of drug-likeness (QED) is 0.146. The van der Waals surface area contributed by atoms with Gasteiger partial charge in [-0.15, -0.1) is 0 Å². The third kappa shape index (κ3) is 4.62. The van der Waals surface area contributed by atoms with Crippen LogP contribution in [0.2, 0.25) is 10.3 Å². The van der Waals surface area contributed by atoms with E-state index >= 15 is 0 Å². The van der Waals surface area contributed by atoms with Gasteiger partial charge < -0.3 is 39.2 Å². The average molecular weight is 780 g/mol. The summed E-state index contributed by atoms with van der Waals surface area (Å²) in [7, 11) is 1.89. The van der Waals surface area contributed by atoms with Crippen molar-refractivity contribution < 1.29 is 28.3 Å². The average Bonchev–Trinajstić information content (AvgIpc) is 3.95. The Balaban J connectivity index is 1.30. The number of aryl methyl sites for hydroxylation is 1. The molecule has 55 heavy (non-hydrogen) atoms. The van der Waals surface area contributed by atoms with E-state index in [0.717, 1.165) is 44.4 Å². The molecule has 10 rings (SSSR count). The molecular weight excluding hydrogens is 743 g/mol. The number of nitrogens with one attached hydrogen (secondary N) is 3. The molecule has 0 radical (unpaired) electrons. The molecule has 4 aliphatic heterocycles. The number of amides is 2. The standard InChI is InChI=1S/C41H36Cl2N6O6/c1-16(2)28-38-46-30-33(55-38)41-21-10-6-9-20(19-8-7-11-24-26(19)27(35(43)49(24)5)32-34(42)48-39(30)54-32)29(21)47-40(41)53-25-13-12-18(14-22(25)41)15-23(36(51)45-28)44-37(52)31(50)17(3)4/h6-14,16-17,23,28,31,40,47,50H,15H2,1-5H3,(H,44,52)(H,45,51)/t23-,28-,31-,40?,41-/m0/s1. The van der Waals surface area contributed by atoms with Crippen molar-refractivity contribution in [1.29, 1.82) is 0 Å². The van der Waals surface area contributed by atoms with E-state index in [0.29, 0.717) is 22.2 Å². The number of ether oxygens (including phenoxy) is 1. The fraction of sp³-hybridized carbons (Fsp3) is 0.317. The van der Waals surface area contributed by atoms with Crippen LogP contribution in [0.25, 0.3) is 44.9 Å². The number of fused-ring (bicyclic) bond motifs is 7. The van der Waals surface area contributed by atoms with Crippen molar-refractivity contribution in [3.63, 3.8) is 0 Å². The molecule has 0 fully saturated rings. The van der Waals surface area contributed by atoms with Crippen LogP contribution >= 0.6 is 23.2 Å². The Kier molecular flexibility index (Phi) is 7.37. The van der Waals surface area contributed by atoms with Crippen molar-refractivity contribution in [2.24, 2.45) is 18.9 Å². The molecule has 6 aromatic rings. The minimum absolute atomic E-state index is 0.0980. The Morgan fingerprint density at radius 2 is 1.80 bits per heavy atom. The Morgan fingerprint density at radius 3 is 2.58 bits per heavy atom. The van der Waals surface area contributed by atoms with Gasteiger partial charge in [-0.25, -0.2) is 4.98 Å². The highest BCUT2D eigenvalue weighted by Gasteiger charge is 2.62. The normalized spacial score (nSPS) is 22.1. The number of rotatable bonds is 4. The summed E-state index contributed by atoms with van der Waals surface area (Å²) in [5.74, 6) is -0.0616. The van der Waals surface area contributed by atoms with Gasteiger partial charge in [0.2, 0.25) is 17.7 Å². The summed E-state index contributed by atoms with van der Waals surface area (Å²) in [6.45, 7) is 7.37. The van der Waals surface area contributed by atoms with Gasteiger partial charge in [0.15, 0.2) is 28.6 Å². The fourth-order valence-electron chi connectivity index (χ4n) is 8.75. The second-order valence-electron chi connectivity index (χ2n) is 15.5. The maximum atomic E-state index is 14.2. The van der Waals surface area contributed by atoms with Crippen molar-refractivity contribution in [3.05, 3.63) is 93.2 Å². The molecule has 1 spiro atoms. The molecule has 3 aromatic heterocycles. The lowest BCUT2D eigenvalue weighted by molar-refractivity contribution is -0.135. The Hall–Kier alpha value is -5.30. The van der Waals surface area contributed by atoms with Crippen LogP contribution in [0.4, 0.5) is 5.69 Å². The molecule has 2 amide bonds. The largest absolute Gasteiger partial charge is 0.469 e. The molecule has 1 unspecified atom stereocenters. The number of aliphatic hydroxyl groups is 1. The van der Waals surface area contributed by atoms with Crippen molar-refractivity contribution in [2.75, 3.05) is 5.32 Å². The van der Waals surface area contributed by atoms with E-state index in [4.69, 9.17) is 46.7 Å². The second-order valence-corrected chi connectivity index (χ2v) is 16.2. The lowest BCUT2D eigenvalue weighted by Crippen LogP contribution is -2.52. The SMILES string of the molecule is CC(C)[C@H](O)C(=O)N[C@H]1Cc2ccc3c(c2)[C@]24c5cccc(c5NC2O3)-c2cccc3c2c(c(Cl)n3C)-c2oc(nc2Cl)-c2nc(oc24)[C@H](C(C)C)NC1=O. The van der Waals surface area contributed by atoms with Crippen LogP contribution in [-0.2, 0) is 28.5 Å². The highest BCUT2D eigenvalue weighted by molar-refractivity contribution is 6.38. The summed E-state index contributed by atoms with van der Waals surface area (Å²) < 4.78 is 22.4. The topological polar surface area (TPSA) is 157 Å². The van der Waals surface area contributed by atoms with Crippen LogP contribution in [0.5, 0.6) is 5.75 Å². The van der Waals surface area contributed by atoms with Crippen molar-refractivity contribution in [2.45, 2.75) is 63.9 Å².